The Labute approximate surface area is 160 Å². The van der Waals surface area contributed by atoms with E-state index in [1.54, 1.807) is 13.1 Å². The molecule has 0 saturated heterocycles. The van der Waals surface area contributed by atoms with Gasteiger partial charge < -0.3 is 24.9 Å². The number of hydrogen-bond donors (Lipinski definition) is 3. The predicted molar refractivity (Wildman–Crippen MR) is 106 cm³/mol. The van der Waals surface area contributed by atoms with Crippen LogP contribution in [0.3, 0.4) is 0 Å². The van der Waals surface area contributed by atoms with Crippen LogP contribution >= 0.6 is 0 Å². The molecule has 2 aromatic rings. The first-order valence-electron chi connectivity index (χ1n) is 9.25. The molecule has 7 heteroatoms. The van der Waals surface area contributed by atoms with Gasteiger partial charge in [-0.15, -0.1) is 0 Å². The summed E-state index contributed by atoms with van der Waals surface area (Å²) in [6.45, 7) is 11.5. The van der Waals surface area contributed by atoms with E-state index in [0.29, 0.717) is 31.5 Å². The Bertz CT molecular complexity index is 768. The molecule has 0 fully saturated rings. The van der Waals surface area contributed by atoms with E-state index in [-0.39, 0.29) is 0 Å². The van der Waals surface area contributed by atoms with Crippen LogP contribution in [-0.4, -0.2) is 35.7 Å². The van der Waals surface area contributed by atoms with Crippen molar-refractivity contribution in [2.45, 2.75) is 46.8 Å². The van der Waals surface area contributed by atoms with Crippen molar-refractivity contribution < 1.29 is 14.3 Å². The first-order valence-corrected chi connectivity index (χ1v) is 9.25. The lowest BCUT2D eigenvalue weighted by Gasteiger charge is -2.24. The SMILES string of the molecule is CCNC(=NCc1ccnc(OCC)c1)NCC(C)(O)c1cc(C)oc1C. The smallest absolute Gasteiger partial charge is 0.213 e. The minimum atomic E-state index is -1.07. The van der Waals surface area contributed by atoms with Gasteiger partial charge in [-0.25, -0.2) is 9.98 Å². The average Bonchev–Trinajstić information content (AvgIpc) is 2.97. The van der Waals surface area contributed by atoms with Gasteiger partial charge in [-0.1, -0.05) is 0 Å². The number of aromatic nitrogens is 1. The van der Waals surface area contributed by atoms with Crippen molar-refractivity contribution in [2.75, 3.05) is 19.7 Å². The number of aliphatic hydroxyl groups is 1. The van der Waals surface area contributed by atoms with Gasteiger partial charge in [-0.05, 0) is 52.3 Å². The summed E-state index contributed by atoms with van der Waals surface area (Å²) in [5.74, 6) is 2.73. The minimum Gasteiger partial charge on any atom is -0.478 e. The lowest BCUT2D eigenvalue weighted by atomic mass is 9.96. The van der Waals surface area contributed by atoms with Crippen LogP contribution in [0, 0.1) is 13.8 Å². The second-order valence-corrected chi connectivity index (χ2v) is 6.58. The van der Waals surface area contributed by atoms with Crippen molar-refractivity contribution in [3.63, 3.8) is 0 Å². The van der Waals surface area contributed by atoms with Crippen LogP contribution in [0.15, 0.2) is 33.8 Å². The molecule has 0 saturated carbocycles. The van der Waals surface area contributed by atoms with Crippen molar-refractivity contribution in [1.82, 2.24) is 15.6 Å². The maximum Gasteiger partial charge on any atom is 0.213 e. The quantitative estimate of drug-likeness (QED) is 0.486. The summed E-state index contributed by atoms with van der Waals surface area (Å²) in [4.78, 5) is 8.75. The third-order valence-corrected chi connectivity index (χ3v) is 4.08. The molecule has 1 unspecified atom stereocenters. The van der Waals surface area contributed by atoms with Gasteiger partial charge >= 0.3 is 0 Å². The van der Waals surface area contributed by atoms with Gasteiger partial charge in [-0.2, -0.15) is 0 Å². The summed E-state index contributed by atoms with van der Waals surface area (Å²) in [6, 6.07) is 5.65. The molecule has 7 nitrogen and oxygen atoms in total. The molecule has 0 spiro atoms. The second-order valence-electron chi connectivity index (χ2n) is 6.58. The van der Waals surface area contributed by atoms with Gasteiger partial charge in [0.25, 0.3) is 0 Å². The molecule has 0 aliphatic rings. The Kier molecular flexibility index (Phi) is 7.24. The van der Waals surface area contributed by atoms with Crippen molar-refractivity contribution in [2.24, 2.45) is 4.99 Å². The van der Waals surface area contributed by atoms with Crippen LogP contribution < -0.4 is 15.4 Å². The third kappa shape index (κ3) is 5.99. The Morgan fingerprint density at radius 1 is 1.30 bits per heavy atom. The van der Waals surface area contributed by atoms with Gasteiger partial charge in [-0.3, -0.25) is 0 Å². The summed E-state index contributed by atoms with van der Waals surface area (Å²) in [5.41, 5.74) is 0.703. The Morgan fingerprint density at radius 3 is 2.70 bits per heavy atom. The van der Waals surface area contributed by atoms with Gasteiger partial charge in [0.05, 0.1) is 19.7 Å². The monoisotopic (exact) mass is 374 g/mol. The highest BCUT2D eigenvalue weighted by atomic mass is 16.5. The van der Waals surface area contributed by atoms with Crippen LogP contribution in [-0.2, 0) is 12.1 Å². The van der Waals surface area contributed by atoms with Crippen LogP contribution in [0.5, 0.6) is 5.88 Å². The van der Waals surface area contributed by atoms with Crippen molar-refractivity contribution in [1.29, 1.82) is 0 Å². The van der Waals surface area contributed by atoms with E-state index in [9.17, 15) is 5.11 Å². The van der Waals surface area contributed by atoms with Crippen LogP contribution in [0.25, 0.3) is 0 Å². The molecule has 0 amide bonds. The number of pyridine rings is 1. The number of aliphatic imine (C=N–C) groups is 1. The summed E-state index contributed by atoms with van der Waals surface area (Å²) in [6.07, 6.45) is 1.71. The minimum absolute atomic E-state index is 0.305. The molecule has 0 aliphatic carbocycles. The fourth-order valence-electron chi connectivity index (χ4n) is 2.80. The summed E-state index contributed by atoms with van der Waals surface area (Å²) >= 11 is 0. The van der Waals surface area contributed by atoms with Crippen molar-refractivity contribution in [3.8, 4) is 5.88 Å². The zero-order chi connectivity index (χ0) is 19.9. The third-order valence-electron chi connectivity index (χ3n) is 4.08. The molecule has 3 N–H and O–H groups in total. The van der Waals surface area contributed by atoms with E-state index < -0.39 is 5.60 Å². The fraction of sp³-hybridized carbons (Fsp3) is 0.500. The summed E-state index contributed by atoms with van der Waals surface area (Å²) in [7, 11) is 0. The molecule has 0 aliphatic heterocycles. The molecule has 2 aromatic heterocycles. The molecule has 0 bridgehead atoms. The van der Waals surface area contributed by atoms with Crippen LogP contribution in [0.4, 0.5) is 0 Å². The van der Waals surface area contributed by atoms with E-state index in [2.05, 4.69) is 20.6 Å². The van der Waals surface area contributed by atoms with Crippen LogP contribution in [0.2, 0.25) is 0 Å². The first kappa shape index (κ1) is 20.8. The summed E-state index contributed by atoms with van der Waals surface area (Å²) in [5, 5.41) is 17.2. The highest BCUT2D eigenvalue weighted by molar-refractivity contribution is 5.79. The van der Waals surface area contributed by atoms with Crippen molar-refractivity contribution >= 4 is 5.96 Å². The Morgan fingerprint density at radius 2 is 2.07 bits per heavy atom. The highest BCUT2D eigenvalue weighted by Crippen LogP contribution is 2.26. The van der Waals surface area contributed by atoms with Crippen LogP contribution in [0.1, 0.15) is 43.4 Å². The molecule has 0 radical (unpaired) electrons. The van der Waals surface area contributed by atoms with E-state index >= 15 is 0 Å². The number of hydrogen-bond acceptors (Lipinski definition) is 5. The number of nitrogens with zero attached hydrogens (tertiary/aromatic N) is 2. The largest absolute Gasteiger partial charge is 0.478 e. The van der Waals surface area contributed by atoms with E-state index in [4.69, 9.17) is 9.15 Å². The maximum absolute atomic E-state index is 10.8. The molecule has 0 aromatic carbocycles. The number of aryl methyl sites for hydroxylation is 2. The topological polar surface area (TPSA) is 91.9 Å². The number of ether oxygens (including phenoxy) is 1. The van der Waals surface area contributed by atoms with E-state index in [1.165, 1.54) is 0 Å². The lowest BCUT2D eigenvalue weighted by Crippen LogP contribution is -2.44. The van der Waals surface area contributed by atoms with Gasteiger partial charge in [0.15, 0.2) is 5.96 Å². The number of nitrogens with one attached hydrogen (secondary N) is 2. The normalized spacial score (nSPS) is 13.9. The molecule has 2 rings (SSSR count). The fourth-order valence-corrected chi connectivity index (χ4v) is 2.80. The van der Waals surface area contributed by atoms with Crippen molar-refractivity contribution in [3.05, 3.63) is 47.0 Å². The predicted octanol–water partition coefficient (Wildman–Crippen LogP) is 2.65. The molecular formula is C20H30N4O3. The summed E-state index contributed by atoms with van der Waals surface area (Å²) < 4.78 is 11.0. The molecule has 27 heavy (non-hydrogen) atoms. The zero-order valence-corrected chi connectivity index (χ0v) is 16.8. The highest BCUT2D eigenvalue weighted by Gasteiger charge is 2.27. The molecule has 1 atom stereocenters. The molecule has 2 heterocycles. The zero-order valence-electron chi connectivity index (χ0n) is 16.8. The van der Waals surface area contributed by atoms with Gasteiger partial charge in [0.2, 0.25) is 5.88 Å². The van der Waals surface area contributed by atoms with E-state index in [1.807, 2.05) is 45.9 Å². The standard InChI is InChI=1S/C20H30N4O3/c1-6-21-19(23-12-16-8-9-22-18(11-16)26-7-2)24-13-20(5,25)17-10-14(3)27-15(17)4/h8-11,25H,6-7,12-13H2,1-5H3,(H2,21,23,24). The second kappa shape index (κ2) is 9.41. The molecule has 148 valence electrons. The van der Waals surface area contributed by atoms with Gasteiger partial charge in [0.1, 0.15) is 17.1 Å². The molecular weight excluding hydrogens is 344 g/mol. The maximum atomic E-state index is 10.8. The first-order chi connectivity index (χ1) is 12.9. The van der Waals surface area contributed by atoms with E-state index in [0.717, 1.165) is 29.2 Å². The van der Waals surface area contributed by atoms with Gasteiger partial charge in [0, 0.05) is 24.4 Å². The number of rotatable bonds is 8. The Balaban J connectivity index is 2.05. The number of guanidine groups is 1. The average molecular weight is 374 g/mol. The lowest BCUT2D eigenvalue weighted by molar-refractivity contribution is 0.0601. The number of furan rings is 1. The Hall–Kier alpha value is -2.54.